The van der Waals surface area contributed by atoms with Crippen molar-refractivity contribution in [3.8, 4) is 0 Å². The lowest BCUT2D eigenvalue weighted by Crippen LogP contribution is -2.52. The van der Waals surface area contributed by atoms with Crippen LogP contribution in [0.5, 0.6) is 0 Å². The maximum atomic E-state index is 12.5. The van der Waals surface area contributed by atoms with E-state index in [0.717, 1.165) is 18.1 Å². The lowest BCUT2D eigenvalue weighted by atomic mass is 9.94. The molecular weight excluding hydrogens is 491 g/mol. The highest BCUT2D eigenvalue weighted by molar-refractivity contribution is 8.00. The fourth-order valence-corrected chi connectivity index (χ4v) is 5.50. The molecule has 0 aliphatic carbocycles. The number of nitrogens with two attached hydrogens (primary N) is 1. The van der Waals surface area contributed by atoms with Crippen molar-refractivity contribution in [2.75, 3.05) is 23.9 Å². The van der Waals surface area contributed by atoms with Crippen molar-refractivity contribution in [1.29, 1.82) is 0 Å². The molecule has 3 aromatic rings. The molecule has 0 spiro atoms. The van der Waals surface area contributed by atoms with Gasteiger partial charge in [-0.25, -0.2) is 9.80 Å². The van der Waals surface area contributed by atoms with Gasteiger partial charge in [0, 0.05) is 28.4 Å². The van der Waals surface area contributed by atoms with E-state index in [4.69, 9.17) is 28.9 Å². The number of primary amides is 1. The summed E-state index contributed by atoms with van der Waals surface area (Å²) in [5.41, 5.74) is 10.8. The van der Waals surface area contributed by atoms with Crippen LogP contribution in [0.3, 0.4) is 0 Å². The van der Waals surface area contributed by atoms with Crippen LogP contribution in [0.15, 0.2) is 78.9 Å². The van der Waals surface area contributed by atoms with Gasteiger partial charge in [-0.05, 0) is 29.3 Å². The second kappa shape index (κ2) is 11.1. The molecule has 3 aromatic carbocycles. The number of amides is 3. The number of carbonyl (C=O) groups is 2. The molecule has 34 heavy (non-hydrogen) atoms. The van der Waals surface area contributed by atoms with Crippen LogP contribution in [-0.4, -0.2) is 40.9 Å². The third-order valence-electron chi connectivity index (χ3n) is 5.48. The van der Waals surface area contributed by atoms with Crippen LogP contribution in [-0.2, 0) is 4.79 Å². The molecule has 3 amide bonds. The number of nitrogens with zero attached hydrogens (tertiary/aromatic N) is 2. The summed E-state index contributed by atoms with van der Waals surface area (Å²) in [5, 5.41) is 1.93. The van der Waals surface area contributed by atoms with E-state index in [-0.39, 0.29) is 17.7 Å². The Morgan fingerprint density at radius 3 is 2.00 bits per heavy atom. The average molecular weight is 515 g/mol. The summed E-state index contributed by atoms with van der Waals surface area (Å²) < 4.78 is 0. The van der Waals surface area contributed by atoms with Gasteiger partial charge >= 0.3 is 6.03 Å². The minimum atomic E-state index is -0.833. The van der Waals surface area contributed by atoms with E-state index in [9.17, 15) is 9.59 Å². The number of hydrogen-bond acceptors (Lipinski definition) is 4. The Bertz CT molecular complexity index is 1080. The Morgan fingerprint density at radius 1 is 0.971 bits per heavy atom. The normalized spacial score (nSPS) is 14.0. The van der Waals surface area contributed by atoms with Gasteiger partial charge in [-0.2, -0.15) is 0 Å². The van der Waals surface area contributed by atoms with Crippen LogP contribution in [0.1, 0.15) is 17.2 Å². The largest absolute Gasteiger partial charge is 0.350 e. The quantitative estimate of drug-likeness (QED) is 0.429. The summed E-state index contributed by atoms with van der Waals surface area (Å²) in [5.74, 6) is -0.140. The molecule has 1 aliphatic heterocycles. The number of hydrazine groups is 1. The molecule has 176 valence electrons. The third-order valence-corrected chi connectivity index (χ3v) is 7.12. The molecule has 0 unspecified atom stereocenters. The van der Waals surface area contributed by atoms with Crippen LogP contribution in [0.2, 0.25) is 10.0 Å². The van der Waals surface area contributed by atoms with Crippen LogP contribution < -0.4 is 16.2 Å². The molecule has 3 N–H and O–H groups in total. The molecular formula is C25H24Cl2N4O2S. The number of likely N-dealkylation sites (tertiary alicyclic amines) is 1. The molecule has 6 nitrogen and oxygen atoms in total. The van der Waals surface area contributed by atoms with Gasteiger partial charge in [-0.3, -0.25) is 15.1 Å². The number of halogens is 2. The second-order valence-corrected chi connectivity index (χ2v) is 10.1. The van der Waals surface area contributed by atoms with Crippen molar-refractivity contribution in [1.82, 2.24) is 10.3 Å². The predicted molar refractivity (Wildman–Crippen MR) is 139 cm³/mol. The molecule has 1 fully saturated rings. The predicted octanol–water partition coefficient (Wildman–Crippen LogP) is 5.12. The standard InChI is InChI=1S/C25H24Cl2N4O2S/c26-19-11-20(27)13-21(12-19)31(25(28)33)29-23(32)16-34-22-14-30(15-22)24(17-7-3-1-4-8-17)18-9-5-2-6-10-18/h1-13,22,24H,14-16H2,(H2,28,33)(H,29,32). The number of benzene rings is 3. The molecule has 1 aliphatic rings. The van der Waals surface area contributed by atoms with Gasteiger partial charge in [0.05, 0.1) is 17.5 Å². The van der Waals surface area contributed by atoms with Gasteiger partial charge in [0.25, 0.3) is 0 Å². The fourth-order valence-electron chi connectivity index (χ4n) is 3.94. The monoisotopic (exact) mass is 514 g/mol. The van der Waals surface area contributed by atoms with Crippen molar-refractivity contribution in [2.45, 2.75) is 11.3 Å². The van der Waals surface area contributed by atoms with Gasteiger partial charge in [0.15, 0.2) is 0 Å². The van der Waals surface area contributed by atoms with Gasteiger partial charge in [0.2, 0.25) is 5.91 Å². The number of carbonyl (C=O) groups excluding carboxylic acids is 2. The number of thioether (sulfide) groups is 1. The average Bonchev–Trinajstić information content (AvgIpc) is 2.79. The SMILES string of the molecule is NC(=O)N(NC(=O)CSC1CN(C(c2ccccc2)c2ccccc2)C1)c1cc(Cl)cc(Cl)c1. The zero-order chi connectivity index (χ0) is 24.1. The van der Waals surface area contributed by atoms with Crippen molar-refractivity contribution in [3.63, 3.8) is 0 Å². The summed E-state index contributed by atoms with van der Waals surface area (Å²) in [7, 11) is 0. The van der Waals surface area contributed by atoms with E-state index in [1.54, 1.807) is 11.8 Å². The van der Waals surface area contributed by atoms with Gasteiger partial charge < -0.3 is 5.73 Å². The Kier molecular flexibility index (Phi) is 8.00. The van der Waals surface area contributed by atoms with Gasteiger partial charge in [-0.15, -0.1) is 11.8 Å². The minimum Gasteiger partial charge on any atom is -0.350 e. The lowest BCUT2D eigenvalue weighted by Gasteiger charge is -2.44. The molecule has 1 heterocycles. The molecule has 0 atom stereocenters. The first-order valence-electron chi connectivity index (χ1n) is 10.7. The van der Waals surface area contributed by atoms with Crippen LogP contribution in [0.25, 0.3) is 0 Å². The van der Waals surface area contributed by atoms with E-state index >= 15 is 0 Å². The molecule has 0 aromatic heterocycles. The first kappa shape index (κ1) is 24.4. The zero-order valence-electron chi connectivity index (χ0n) is 18.2. The topological polar surface area (TPSA) is 78.7 Å². The van der Waals surface area contributed by atoms with Crippen molar-refractivity contribution >= 4 is 52.6 Å². The number of hydrogen-bond donors (Lipinski definition) is 2. The van der Waals surface area contributed by atoms with E-state index in [0.29, 0.717) is 21.0 Å². The zero-order valence-corrected chi connectivity index (χ0v) is 20.6. The highest BCUT2D eigenvalue weighted by Crippen LogP contribution is 2.35. The van der Waals surface area contributed by atoms with Crippen molar-refractivity contribution in [2.24, 2.45) is 5.73 Å². The molecule has 4 rings (SSSR count). The third kappa shape index (κ3) is 6.04. The number of urea groups is 1. The Labute approximate surface area is 213 Å². The van der Waals surface area contributed by atoms with E-state index < -0.39 is 6.03 Å². The fraction of sp³-hybridized carbons (Fsp3) is 0.200. The van der Waals surface area contributed by atoms with Crippen LogP contribution in [0, 0.1) is 0 Å². The van der Waals surface area contributed by atoms with E-state index in [2.05, 4.69) is 58.9 Å². The molecule has 1 saturated heterocycles. The van der Waals surface area contributed by atoms with E-state index in [1.807, 2.05) is 12.1 Å². The molecule has 0 saturated carbocycles. The summed E-state index contributed by atoms with van der Waals surface area (Å²) in [6.45, 7) is 1.71. The van der Waals surface area contributed by atoms with E-state index in [1.165, 1.54) is 29.3 Å². The smallest absolute Gasteiger partial charge is 0.338 e. The molecule has 9 heteroatoms. The highest BCUT2D eigenvalue weighted by Gasteiger charge is 2.34. The Hall–Kier alpha value is -2.71. The van der Waals surface area contributed by atoms with Crippen LogP contribution >= 0.6 is 35.0 Å². The highest BCUT2D eigenvalue weighted by atomic mass is 35.5. The lowest BCUT2D eigenvalue weighted by molar-refractivity contribution is -0.118. The maximum absolute atomic E-state index is 12.5. The number of rotatable bonds is 7. The summed E-state index contributed by atoms with van der Waals surface area (Å²) >= 11 is 13.6. The first-order chi connectivity index (χ1) is 16.4. The summed E-state index contributed by atoms with van der Waals surface area (Å²) in [4.78, 5) is 26.8. The first-order valence-corrected chi connectivity index (χ1v) is 12.5. The summed E-state index contributed by atoms with van der Waals surface area (Å²) in [6.07, 6.45) is 0. The summed E-state index contributed by atoms with van der Waals surface area (Å²) in [6, 6.07) is 24.7. The van der Waals surface area contributed by atoms with Crippen molar-refractivity contribution in [3.05, 3.63) is 100 Å². The van der Waals surface area contributed by atoms with Gasteiger partial charge in [0.1, 0.15) is 0 Å². The van der Waals surface area contributed by atoms with Crippen LogP contribution in [0.4, 0.5) is 10.5 Å². The minimum absolute atomic E-state index is 0.172. The second-order valence-electron chi connectivity index (χ2n) is 7.95. The van der Waals surface area contributed by atoms with Gasteiger partial charge in [-0.1, -0.05) is 83.9 Å². The Balaban J connectivity index is 1.34. The number of nitrogens with one attached hydrogen (secondary N) is 1. The Morgan fingerprint density at radius 2 is 1.50 bits per heavy atom. The molecule has 0 bridgehead atoms. The molecule has 0 radical (unpaired) electrons. The van der Waals surface area contributed by atoms with Crippen molar-refractivity contribution < 1.29 is 9.59 Å². The number of anilines is 1. The maximum Gasteiger partial charge on any atom is 0.338 e.